The van der Waals surface area contributed by atoms with Crippen LogP contribution >= 0.6 is 23.4 Å². The Morgan fingerprint density at radius 3 is 2.77 bits per heavy atom. The Balaban J connectivity index is 3.52. The summed E-state index contributed by atoms with van der Waals surface area (Å²) in [7, 11) is 0. The van der Waals surface area contributed by atoms with Crippen LogP contribution in [0, 0.1) is 5.92 Å². The van der Waals surface area contributed by atoms with Crippen LogP contribution in [0.25, 0.3) is 0 Å². The maximum Gasteiger partial charge on any atom is 0.229 e. The van der Waals surface area contributed by atoms with Crippen LogP contribution in [0.15, 0.2) is 0 Å². The lowest BCUT2D eigenvalue weighted by atomic mass is 10.0. The van der Waals surface area contributed by atoms with Crippen molar-refractivity contribution in [2.45, 2.75) is 19.8 Å². The van der Waals surface area contributed by atoms with Gasteiger partial charge in [-0.2, -0.15) is 11.8 Å². The van der Waals surface area contributed by atoms with Gasteiger partial charge in [0.2, 0.25) is 5.91 Å². The first kappa shape index (κ1) is 13.1. The number of carbonyl (C=O) groups is 1. The molecule has 1 N–H and O–H groups in total. The third kappa shape index (κ3) is 7.20. The zero-order chi connectivity index (χ0) is 10.1. The maximum atomic E-state index is 11.1. The number of rotatable bonds is 7. The lowest BCUT2D eigenvalue weighted by Gasteiger charge is -2.13. The molecule has 4 heteroatoms. The van der Waals surface area contributed by atoms with Crippen LogP contribution in [0.1, 0.15) is 19.8 Å². The van der Waals surface area contributed by atoms with Crippen molar-refractivity contribution in [2.75, 3.05) is 24.4 Å². The van der Waals surface area contributed by atoms with Crippen LogP contribution < -0.4 is 5.32 Å². The Bertz CT molecular complexity index is 144. The zero-order valence-corrected chi connectivity index (χ0v) is 9.88. The fraction of sp³-hybridized carbons (Fsp3) is 0.889. The van der Waals surface area contributed by atoms with Gasteiger partial charge in [-0.3, -0.25) is 4.79 Å². The van der Waals surface area contributed by atoms with Crippen LogP contribution in [-0.4, -0.2) is 30.3 Å². The molecule has 13 heavy (non-hydrogen) atoms. The highest BCUT2D eigenvalue weighted by Gasteiger charge is 2.07. The highest BCUT2D eigenvalue weighted by atomic mass is 35.5. The first-order valence-electron chi connectivity index (χ1n) is 4.56. The lowest BCUT2D eigenvalue weighted by molar-refractivity contribution is -0.118. The Hall–Kier alpha value is 0.110. The van der Waals surface area contributed by atoms with Gasteiger partial charge in [0.1, 0.15) is 0 Å². The minimum atomic E-state index is 0.125. The molecule has 1 amide bonds. The smallest absolute Gasteiger partial charge is 0.229 e. The van der Waals surface area contributed by atoms with Gasteiger partial charge in [0.05, 0.1) is 5.75 Å². The lowest BCUT2D eigenvalue weighted by Crippen LogP contribution is -2.30. The normalized spacial score (nSPS) is 12.5. The van der Waals surface area contributed by atoms with Crippen molar-refractivity contribution in [1.82, 2.24) is 5.32 Å². The number of carbonyl (C=O) groups excluding carboxylic acids is 1. The second-order valence-electron chi connectivity index (χ2n) is 2.99. The first-order chi connectivity index (χ1) is 6.24. The van der Waals surface area contributed by atoms with E-state index in [1.54, 1.807) is 11.8 Å². The highest BCUT2D eigenvalue weighted by Crippen LogP contribution is 2.07. The molecule has 0 aromatic rings. The quantitative estimate of drug-likeness (QED) is 0.670. The van der Waals surface area contributed by atoms with Crippen LogP contribution in [0.3, 0.4) is 0 Å². The number of amides is 1. The number of halogens is 1. The Morgan fingerprint density at radius 2 is 2.31 bits per heavy atom. The number of hydrogen-bond donors (Lipinski definition) is 1. The molecule has 0 spiro atoms. The molecule has 2 nitrogen and oxygen atoms in total. The molecule has 0 saturated carbocycles. The van der Waals surface area contributed by atoms with E-state index in [2.05, 4.69) is 12.2 Å². The van der Waals surface area contributed by atoms with Crippen molar-refractivity contribution < 1.29 is 4.79 Å². The third-order valence-corrected chi connectivity index (χ3v) is 2.73. The van der Waals surface area contributed by atoms with E-state index in [-0.39, 0.29) is 5.91 Å². The van der Waals surface area contributed by atoms with E-state index in [0.29, 0.717) is 17.6 Å². The van der Waals surface area contributed by atoms with Crippen molar-refractivity contribution in [1.29, 1.82) is 0 Å². The number of hydrogen-bond acceptors (Lipinski definition) is 2. The molecular formula is C9H18ClNOS. The van der Waals surface area contributed by atoms with E-state index in [4.69, 9.17) is 11.6 Å². The van der Waals surface area contributed by atoms with E-state index in [0.717, 1.165) is 19.4 Å². The number of thioether (sulfide) groups is 1. The molecule has 0 fully saturated rings. The van der Waals surface area contributed by atoms with Crippen LogP contribution in [-0.2, 0) is 4.79 Å². The molecular weight excluding hydrogens is 206 g/mol. The Morgan fingerprint density at radius 1 is 1.62 bits per heavy atom. The molecule has 0 aromatic heterocycles. The van der Waals surface area contributed by atoms with Gasteiger partial charge in [-0.25, -0.2) is 0 Å². The summed E-state index contributed by atoms with van der Waals surface area (Å²) in [5, 5.41) is 2.90. The van der Waals surface area contributed by atoms with Gasteiger partial charge in [-0.05, 0) is 18.6 Å². The SMILES string of the molecule is CCC(CCCl)CNC(=O)CSC. The first-order valence-corrected chi connectivity index (χ1v) is 6.49. The molecule has 0 saturated heterocycles. The summed E-state index contributed by atoms with van der Waals surface area (Å²) in [6.07, 6.45) is 3.99. The fourth-order valence-electron chi connectivity index (χ4n) is 1.05. The summed E-state index contributed by atoms with van der Waals surface area (Å²) < 4.78 is 0. The van der Waals surface area contributed by atoms with E-state index >= 15 is 0 Å². The molecule has 0 rings (SSSR count). The molecule has 0 aliphatic heterocycles. The van der Waals surface area contributed by atoms with Crippen molar-refractivity contribution >= 4 is 29.3 Å². The van der Waals surface area contributed by atoms with E-state index in [1.165, 1.54) is 0 Å². The largest absolute Gasteiger partial charge is 0.355 e. The molecule has 78 valence electrons. The van der Waals surface area contributed by atoms with Gasteiger partial charge >= 0.3 is 0 Å². The summed E-state index contributed by atoms with van der Waals surface area (Å²) in [5.41, 5.74) is 0. The Labute approximate surface area is 89.8 Å². The summed E-state index contributed by atoms with van der Waals surface area (Å²) in [4.78, 5) is 11.1. The second kappa shape index (κ2) is 8.70. The highest BCUT2D eigenvalue weighted by molar-refractivity contribution is 7.99. The van der Waals surface area contributed by atoms with Gasteiger partial charge in [0.15, 0.2) is 0 Å². The summed E-state index contributed by atoms with van der Waals surface area (Å²) in [6, 6.07) is 0. The van der Waals surface area contributed by atoms with Crippen LogP contribution in [0.2, 0.25) is 0 Å². The van der Waals surface area contributed by atoms with Gasteiger partial charge in [0.25, 0.3) is 0 Å². The molecule has 1 atom stereocenters. The average Bonchev–Trinajstić information content (AvgIpc) is 2.12. The predicted octanol–water partition coefficient (Wildman–Crippen LogP) is 2.12. The van der Waals surface area contributed by atoms with Crippen molar-refractivity contribution in [3.8, 4) is 0 Å². The molecule has 0 heterocycles. The topological polar surface area (TPSA) is 29.1 Å². The Kier molecular flexibility index (Phi) is 8.77. The molecule has 1 unspecified atom stereocenters. The van der Waals surface area contributed by atoms with Crippen molar-refractivity contribution in [3.63, 3.8) is 0 Å². The van der Waals surface area contributed by atoms with Crippen LogP contribution in [0.5, 0.6) is 0 Å². The summed E-state index contributed by atoms with van der Waals surface area (Å²) in [5.74, 6) is 1.89. The molecule has 0 aromatic carbocycles. The standard InChI is InChI=1S/C9H18ClNOS/c1-3-8(4-5-10)6-11-9(12)7-13-2/h8H,3-7H2,1-2H3,(H,11,12). The molecule has 0 aliphatic carbocycles. The predicted molar refractivity (Wildman–Crippen MR) is 60.5 cm³/mol. The maximum absolute atomic E-state index is 11.1. The van der Waals surface area contributed by atoms with Gasteiger partial charge < -0.3 is 5.32 Å². The average molecular weight is 224 g/mol. The molecule has 0 radical (unpaired) electrons. The van der Waals surface area contributed by atoms with Gasteiger partial charge in [-0.15, -0.1) is 11.6 Å². The monoisotopic (exact) mass is 223 g/mol. The minimum absolute atomic E-state index is 0.125. The second-order valence-corrected chi connectivity index (χ2v) is 4.23. The van der Waals surface area contributed by atoms with Gasteiger partial charge in [-0.1, -0.05) is 13.3 Å². The third-order valence-electron chi connectivity index (χ3n) is 1.96. The van der Waals surface area contributed by atoms with E-state index < -0.39 is 0 Å². The fourth-order valence-corrected chi connectivity index (χ4v) is 1.72. The van der Waals surface area contributed by atoms with E-state index in [1.807, 2.05) is 6.26 Å². The molecule has 0 aliphatic rings. The summed E-state index contributed by atoms with van der Waals surface area (Å²) >= 11 is 7.18. The molecule has 0 bridgehead atoms. The van der Waals surface area contributed by atoms with Crippen LogP contribution in [0.4, 0.5) is 0 Å². The minimum Gasteiger partial charge on any atom is -0.355 e. The summed E-state index contributed by atoms with van der Waals surface area (Å²) in [6.45, 7) is 2.89. The van der Waals surface area contributed by atoms with Gasteiger partial charge in [0, 0.05) is 12.4 Å². The van der Waals surface area contributed by atoms with Crippen molar-refractivity contribution in [2.24, 2.45) is 5.92 Å². The van der Waals surface area contributed by atoms with E-state index in [9.17, 15) is 4.79 Å². The zero-order valence-electron chi connectivity index (χ0n) is 8.31. The number of alkyl halides is 1. The van der Waals surface area contributed by atoms with Crippen molar-refractivity contribution in [3.05, 3.63) is 0 Å². The number of nitrogens with one attached hydrogen (secondary N) is 1.